The highest BCUT2D eigenvalue weighted by Crippen LogP contribution is 2.22. The van der Waals surface area contributed by atoms with E-state index in [0.29, 0.717) is 13.2 Å². The Labute approximate surface area is 121 Å². The molecule has 1 rings (SSSR count). The first-order chi connectivity index (χ1) is 9.62. The summed E-state index contributed by atoms with van der Waals surface area (Å²) in [6.45, 7) is 9.22. The molecule has 0 heterocycles. The highest BCUT2D eigenvalue weighted by Gasteiger charge is 2.07. The fourth-order valence-corrected chi connectivity index (χ4v) is 2.01. The summed E-state index contributed by atoms with van der Waals surface area (Å²) in [5.74, 6) is 0. The van der Waals surface area contributed by atoms with Crippen LogP contribution in [0.5, 0.6) is 0 Å². The van der Waals surface area contributed by atoms with Crippen LogP contribution in [0.1, 0.15) is 19.4 Å². The largest absolute Gasteiger partial charge is 0.383 e. The smallest absolute Gasteiger partial charge is 0.319 e. The minimum atomic E-state index is -0.208. The van der Waals surface area contributed by atoms with E-state index in [1.165, 1.54) is 5.69 Å². The lowest BCUT2D eigenvalue weighted by molar-refractivity contribution is 0.198. The second-order valence-corrected chi connectivity index (χ2v) is 4.55. The molecule has 0 aliphatic rings. The van der Waals surface area contributed by atoms with Crippen molar-refractivity contribution in [3.63, 3.8) is 0 Å². The SMILES string of the molecule is CCN(CC)c1ccc(NC(=O)NCCOC)c(C)c1. The third kappa shape index (κ3) is 4.74. The molecule has 0 saturated carbocycles. The Morgan fingerprint density at radius 3 is 2.55 bits per heavy atom. The van der Waals surface area contributed by atoms with Crippen LogP contribution in [0.25, 0.3) is 0 Å². The van der Waals surface area contributed by atoms with Gasteiger partial charge in [-0.25, -0.2) is 4.79 Å². The molecule has 20 heavy (non-hydrogen) atoms. The Hall–Kier alpha value is -1.75. The fourth-order valence-electron chi connectivity index (χ4n) is 2.01. The number of carbonyl (C=O) groups is 1. The number of nitrogens with one attached hydrogen (secondary N) is 2. The molecule has 0 bridgehead atoms. The molecule has 112 valence electrons. The number of methoxy groups -OCH3 is 1. The normalized spacial score (nSPS) is 10.2. The van der Waals surface area contributed by atoms with Crippen molar-refractivity contribution < 1.29 is 9.53 Å². The second kappa shape index (κ2) is 8.43. The molecule has 0 aliphatic carbocycles. The van der Waals surface area contributed by atoms with E-state index in [0.717, 1.165) is 24.3 Å². The van der Waals surface area contributed by atoms with E-state index in [2.05, 4.69) is 35.4 Å². The van der Waals surface area contributed by atoms with E-state index in [4.69, 9.17) is 4.74 Å². The van der Waals surface area contributed by atoms with E-state index in [9.17, 15) is 4.79 Å². The van der Waals surface area contributed by atoms with E-state index < -0.39 is 0 Å². The van der Waals surface area contributed by atoms with Crippen LogP contribution in [-0.2, 0) is 4.74 Å². The number of nitrogens with zero attached hydrogens (tertiary/aromatic N) is 1. The molecule has 0 aromatic heterocycles. The molecule has 0 aliphatic heterocycles. The average molecular weight is 279 g/mol. The van der Waals surface area contributed by atoms with Crippen LogP contribution in [-0.4, -0.2) is 39.4 Å². The first-order valence-electron chi connectivity index (χ1n) is 7.01. The van der Waals surface area contributed by atoms with Gasteiger partial charge >= 0.3 is 6.03 Å². The van der Waals surface area contributed by atoms with E-state index in [1.807, 2.05) is 19.1 Å². The molecular weight excluding hydrogens is 254 g/mol. The Balaban J connectivity index is 2.66. The van der Waals surface area contributed by atoms with Gasteiger partial charge in [0.2, 0.25) is 0 Å². The molecular formula is C15H25N3O2. The zero-order chi connectivity index (χ0) is 15.0. The summed E-state index contributed by atoms with van der Waals surface area (Å²) in [6, 6.07) is 5.86. The van der Waals surface area contributed by atoms with E-state index in [1.54, 1.807) is 7.11 Å². The molecule has 0 unspecified atom stereocenters. The molecule has 0 atom stereocenters. The van der Waals surface area contributed by atoms with Crippen LogP contribution in [0.3, 0.4) is 0 Å². The van der Waals surface area contributed by atoms with E-state index in [-0.39, 0.29) is 6.03 Å². The molecule has 2 amide bonds. The van der Waals surface area contributed by atoms with Gasteiger partial charge in [-0.05, 0) is 44.5 Å². The molecule has 0 saturated heterocycles. The highest BCUT2D eigenvalue weighted by molar-refractivity contribution is 5.90. The molecule has 1 aromatic rings. The number of ether oxygens (including phenoxy) is 1. The third-order valence-electron chi connectivity index (χ3n) is 3.18. The quantitative estimate of drug-likeness (QED) is 0.754. The Kier molecular flexibility index (Phi) is 6.87. The van der Waals surface area contributed by atoms with Gasteiger partial charge in [0.15, 0.2) is 0 Å². The summed E-state index contributed by atoms with van der Waals surface area (Å²) < 4.78 is 4.88. The summed E-state index contributed by atoms with van der Waals surface area (Å²) in [5.41, 5.74) is 3.06. The Morgan fingerprint density at radius 2 is 2.00 bits per heavy atom. The first kappa shape index (κ1) is 16.3. The van der Waals surface area contributed by atoms with Crippen LogP contribution in [0.2, 0.25) is 0 Å². The van der Waals surface area contributed by atoms with Crippen LogP contribution in [0.4, 0.5) is 16.2 Å². The molecule has 5 heteroatoms. The predicted octanol–water partition coefficient (Wildman–Crippen LogP) is 2.61. The second-order valence-electron chi connectivity index (χ2n) is 4.55. The maximum absolute atomic E-state index is 11.7. The van der Waals surface area contributed by atoms with Crippen molar-refractivity contribution in [3.05, 3.63) is 23.8 Å². The van der Waals surface area contributed by atoms with Gasteiger partial charge < -0.3 is 20.3 Å². The number of benzene rings is 1. The summed E-state index contributed by atoms with van der Waals surface area (Å²) in [5, 5.41) is 5.58. The van der Waals surface area contributed by atoms with Gasteiger partial charge in [-0.2, -0.15) is 0 Å². The van der Waals surface area contributed by atoms with Gasteiger partial charge in [-0.15, -0.1) is 0 Å². The summed E-state index contributed by atoms with van der Waals surface area (Å²) in [7, 11) is 1.61. The van der Waals surface area contributed by atoms with Crippen molar-refractivity contribution in [2.24, 2.45) is 0 Å². The Morgan fingerprint density at radius 1 is 1.30 bits per heavy atom. The fraction of sp³-hybridized carbons (Fsp3) is 0.533. The topological polar surface area (TPSA) is 53.6 Å². The van der Waals surface area contributed by atoms with Crippen LogP contribution in [0.15, 0.2) is 18.2 Å². The molecule has 0 radical (unpaired) electrons. The van der Waals surface area contributed by atoms with Gasteiger partial charge in [0.05, 0.1) is 6.61 Å². The Bertz CT molecular complexity index is 431. The van der Waals surface area contributed by atoms with Gasteiger partial charge in [0.1, 0.15) is 0 Å². The molecule has 0 fully saturated rings. The average Bonchev–Trinajstić information content (AvgIpc) is 2.43. The van der Waals surface area contributed by atoms with Crippen molar-refractivity contribution in [2.75, 3.05) is 43.6 Å². The van der Waals surface area contributed by atoms with Crippen molar-refractivity contribution in [2.45, 2.75) is 20.8 Å². The van der Waals surface area contributed by atoms with Crippen molar-refractivity contribution in [1.82, 2.24) is 5.32 Å². The number of anilines is 2. The number of amides is 2. The maximum Gasteiger partial charge on any atom is 0.319 e. The molecule has 1 aromatic carbocycles. The minimum Gasteiger partial charge on any atom is -0.383 e. The molecule has 0 spiro atoms. The number of rotatable bonds is 7. The van der Waals surface area contributed by atoms with Crippen LogP contribution in [0, 0.1) is 6.92 Å². The number of urea groups is 1. The maximum atomic E-state index is 11.7. The lowest BCUT2D eigenvalue weighted by atomic mass is 10.1. The lowest BCUT2D eigenvalue weighted by Gasteiger charge is -2.22. The zero-order valence-electron chi connectivity index (χ0n) is 12.8. The number of hydrogen-bond acceptors (Lipinski definition) is 3. The van der Waals surface area contributed by atoms with Crippen molar-refractivity contribution in [3.8, 4) is 0 Å². The van der Waals surface area contributed by atoms with Gasteiger partial charge in [-0.1, -0.05) is 0 Å². The standard InChI is InChI=1S/C15H25N3O2/c1-5-18(6-2)13-7-8-14(12(3)11-13)17-15(19)16-9-10-20-4/h7-8,11H,5-6,9-10H2,1-4H3,(H2,16,17,19). The predicted molar refractivity (Wildman–Crippen MR) is 83.6 cm³/mol. The number of carbonyl (C=O) groups excluding carboxylic acids is 1. The molecule has 5 nitrogen and oxygen atoms in total. The third-order valence-corrected chi connectivity index (χ3v) is 3.18. The first-order valence-corrected chi connectivity index (χ1v) is 7.01. The van der Waals surface area contributed by atoms with Crippen LogP contribution >= 0.6 is 0 Å². The van der Waals surface area contributed by atoms with Gasteiger partial charge in [0.25, 0.3) is 0 Å². The summed E-state index contributed by atoms with van der Waals surface area (Å²) >= 11 is 0. The lowest BCUT2D eigenvalue weighted by Crippen LogP contribution is -2.31. The summed E-state index contributed by atoms with van der Waals surface area (Å²) in [6.07, 6.45) is 0. The van der Waals surface area contributed by atoms with Crippen molar-refractivity contribution in [1.29, 1.82) is 0 Å². The van der Waals surface area contributed by atoms with Crippen molar-refractivity contribution >= 4 is 17.4 Å². The number of hydrogen-bond donors (Lipinski definition) is 2. The van der Waals surface area contributed by atoms with Crippen LogP contribution < -0.4 is 15.5 Å². The summed E-state index contributed by atoms with van der Waals surface area (Å²) in [4.78, 5) is 14.0. The monoisotopic (exact) mass is 279 g/mol. The van der Waals surface area contributed by atoms with Gasteiger partial charge in [-0.3, -0.25) is 0 Å². The zero-order valence-corrected chi connectivity index (χ0v) is 12.8. The molecule has 2 N–H and O–H groups in total. The van der Waals surface area contributed by atoms with E-state index >= 15 is 0 Å². The number of aryl methyl sites for hydroxylation is 1. The van der Waals surface area contributed by atoms with Gasteiger partial charge in [0, 0.05) is 38.1 Å². The highest BCUT2D eigenvalue weighted by atomic mass is 16.5. The minimum absolute atomic E-state index is 0.208.